The van der Waals surface area contributed by atoms with Gasteiger partial charge in [-0.05, 0) is 12.5 Å². The number of benzene rings is 1. The summed E-state index contributed by atoms with van der Waals surface area (Å²) in [6.07, 6.45) is 5.53. The molecule has 2 rings (SSSR count). The van der Waals surface area contributed by atoms with E-state index in [9.17, 15) is 0 Å². The van der Waals surface area contributed by atoms with Gasteiger partial charge < -0.3 is 4.57 Å². The van der Waals surface area contributed by atoms with Crippen LogP contribution in [-0.2, 0) is 6.54 Å². The second-order valence-corrected chi connectivity index (χ2v) is 3.77. The van der Waals surface area contributed by atoms with Gasteiger partial charge in [-0.15, -0.1) is 0 Å². The van der Waals surface area contributed by atoms with E-state index in [1.54, 1.807) is 12.5 Å². The molecule has 0 atom stereocenters. The highest BCUT2D eigenvalue weighted by Crippen LogP contribution is 2.07. The Hall–Kier alpha value is -1.90. The van der Waals surface area contributed by atoms with Crippen molar-refractivity contribution in [3.05, 3.63) is 54.1 Å². The molecule has 0 N–H and O–H groups in total. The lowest BCUT2D eigenvalue weighted by Crippen LogP contribution is -2.10. The van der Waals surface area contributed by atoms with Gasteiger partial charge >= 0.3 is 0 Å². The van der Waals surface area contributed by atoms with E-state index >= 15 is 0 Å². The van der Waals surface area contributed by atoms with Crippen LogP contribution in [0.2, 0.25) is 0 Å². The molecule has 0 aliphatic carbocycles. The van der Waals surface area contributed by atoms with E-state index in [2.05, 4.69) is 41.2 Å². The fourth-order valence-electron chi connectivity index (χ4n) is 1.67. The summed E-state index contributed by atoms with van der Waals surface area (Å²) in [4.78, 5) is 8.37. The molecule has 0 fully saturated rings. The molecule has 16 heavy (non-hydrogen) atoms. The van der Waals surface area contributed by atoms with Crippen LogP contribution in [0.25, 0.3) is 0 Å². The molecular formula is C13H15N3. The van der Waals surface area contributed by atoms with Gasteiger partial charge in [0, 0.05) is 19.4 Å². The van der Waals surface area contributed by atoms with Crippen molar-refractivity contribution in [2.45, 2.75) is 13.5 Å². The zero-order valence-corrected chi connectivity index (χ0v) is 9.59. The first-order valence-corrected chi connectivity index (χ1v) is 5.28. The van der Waals surface area contributed by atoms with Crippen LogP contribution in [0.5, 0.6) is 0 Å². The number of hydrogen-bond acceptors (Lipinski definition) is 2. The van der Waals surface area contributed by atoms with Crippen LogP contribution in [0, 0.1) is 6.92 Å². The molecule has 3 heteroatoms. The minimum Gasteiger partial charge on any atom is -0.331 e. The minimum absolute atomic E-state index is 0.764. The molecule has 82 valence electrons. The Morgan fingerprint density at radius 2 is 2.31 bits per heavy atom. The SMILES string of the molecule is CN=C(Cn1ccnc1)c1cccc(C)c1. The molecule has 0 aliphatic heterocycles. The minimum atomic E-state index is 0.764. The Kier molecular flexibility index (Phi) is 3.15. The molecule has 0 aliphatic rings. The number of rotatable bonds is 3. The number of imidazole rings is 1. The lowest BCUT2D eigenvalue weighted by Gasteiger charge is -2.07. The first kappa shape index (κ1) is 10.6. The topological polar surface area (TPSA) is 30.2 Å². The van der Waals surface area contributed by atoms with Crippen LogP contribution in [0.3, 0.4) is 0 Å². The van der Waals surface area contributed by atoms with Crippen molar-refractivity contribution in [1.82, 2.24) is 9.55 Å². The first-order chi connectivity index (χ1) is 7.79. The third-order valence-corrected chi connectivity index (χ3v) is 2.51. The predicted molar refractivity (Wildman–Crippen MR) is 65.9 cm³/mol. The summed E-state index contributed by atoms with van der Waals surface area (Å²) in [5.74, 6) is 0. The Balaban J connectivity index is 2.24. The van der Waals surface area contributed by atoms with Crippen molar-refractivity contribution in [2.75, 3.05) is 7.05 Å². The summed E-state index contributed by atoms with van der Waals surface area (Å²) < 4.78 is 2.02. The van der Waals surface area contributed by atoms with E-state index in [-0.39, 0.29) is 0 Å². The highest BCUT2D eigenvalue weighted by atomic mass is 15.0. The van der Waals surface area contributed by atoms with E-state index in [0.29, 0.717) is 0 Å². The van der Waals surface area contributed by atoms with Crippen molar-refractivity contribution >= 4 is 5.71 Å². The lowest BCUT2D eigenvalue weighted by molar-refractivity contribution is 0.849. The summed E-state index contributed by atoms with van der Waals surface area (Å²) in [5, 5.41) is 0. The molecule has 0 radical (unpaired) electrons. The maximum atomic E-state index is 4.34. The van der Waals surface area contributed by atoms with E-state index in [1.165, 1.54) is 11.1 Å². The molecule has 1 aromatic carbocycles. The molecule has 0 amide bonds. The Labute approximate surface area is 95.5 Å². The van der Waals surface area contributed by atoms with E-state index in [4.69, 9.17) is 0 Å². The maximum absolute atomic E-state index is 4.34. The van der Waals surface area contributed by atoms with Gasteiger partial charge in [0.1, 0.15) is 0 Å². The van der Waals surface area contributed by atoms with Gasteiger partial charge in [0.25, 0.3) is 0 Å². The molecule has 0 bridgehead atoms. The molecule has 0 spiro atoms. The molecule has 2 aromatic rings. The summed E-state index contributed by atoms with van der Waals surface area (Å²) in [6, 6.07) is 8.39. The van der Waals surface area contributed by atoms with Crippen molar-refractivity contribution < 1.29 is 0 Å². The van der Waals surface area contributed by atoms with E-state index in [1.807, 2.05) is 17.8 Å². The zero-order valence-electron chi connectivity index (χ0n) is 9.59. The Morgan fingerprint density at radius 3 is 2.94 bits per heavy atom. The van der Waals surface area contributed by atoms with Gasteiger partial charge in [-0.2, -0.15) is 0 Å². The smallest absolute Gasteiger partial charge is 0.0949 e. The van der Waals surface area contributed by atoms with Crippen LogP contribution in [0.4, 0.5) is 0 Å². The molecule has 0 unspecified atom stereocenters. The van der Waals surface area contributed by atoms with Crippen molar-refractivity contribution in [3.8, 4) is 0 Å². The van der Waals surface area contributed by atoms with Gasteiger partial charge in [-0.25, -0.2) is 4.98 Å². The largest absolute Gasteiger partial charge is 0.331 e. The zero-order chi connectivity index (χ0) is 11.4. The van der Waals surface area contributed by atoms with Crippen molar-refractivity contribution in [2.24, 2.45) is 4.99 Å². The van der Waals surface area contributed by atoms with Crippen LogP contribution >= 0.6 is 0 Å². The average Bonchev–Trinajstić information content (AvgIpc) is 2.78. The number of aliphatic imine (C=N–C) groups is 1. The monoisotopic (exact) mass is 213 g/mol. The number of aromatic nitrogens is 2. The van der Waals surface area contributed by atoms with Crippen LogP contribution in [0.15, 0.2) is 48.0 Å². The number of aryl methyl sites for hydroxylation is 1. The van der Waals surface area contributed by atoms with Gasteiger partial charge in [-0.1, -0.05) is 29.8 Å². The summed E-state index contributed by atoms with van der Waals surface area (Å²) in [6.45, 7) is 2.86. The summed E-state index contributed by atoms with van der Waals surface area (Å²) in [7, 11) is 1.83. The Morgan fingerprint density at radius 1 is 1.44 bits per heavy atom. The van der Waals surface area contributed by atoms with E-state index < -0.39 is 0 Å². The van der Waals surface area contributed by atoms with Crippen molar-refractivity contribution in [3.63, 3.8) is 0 Å². The molecule has 1 heterocycles. The second kappa shape index (κ2) is 4.75. The molecule has 0 saturated carbocycles. The van der Waals surface area contributed by atoms with Gasteiger partial charge in [-0.3, -0.25) is 4.99 Å². The molecular weight excluding hydrogens is 198 g/mol. The summed E-state index contributed by atoms with van der Waals surface area (Å²) in [5.41, 5.74) is 3.50. The Bertz CT molecular complexity index is 484. The standard InChI is InChI=1S/C13H15N3/c1-11-4-3-5-12(8-11)13(14-2)9-16-7-6-15-10-16/h3-8,10H,9H2,1-2H3. The maximum Gasteiger partial charge on any atom is 0.0949 e. The highest BCUT2D eigenvalue weighted by molar-refractivity contribution is 6.00. The highest BCUT2D eigenvalue weighted by Gasteiger charge is 2.03. The van der Waals surface area contributed by atoms with Gasteiger partial charge in [0.05, 0.1) is 18.6 Å². The fourth-order valence-corrected chi connectivity index (χ4v) is 1.67. The average molecular weight is 213 g/mol. The first-order valence-electron chi connectivity index (χ1n) is 5.28. The number of nitrogens with zero attached hydrogens (tertiary/aromatic N) is 3. The van der Waals surface area contributed by atoms with Crippen molar-refractivity contribution in [1.29, 1.82) is 0 Å². The molecule has 1 aromatic heterocycles. The van der Waals surface area contributed by atoms with Gasteiger partial charge in [0.2, 0.25) is 0 Å². The fraction of sp³-hybridized carbons (Fsp3) is 0.231. The van der Waals surface area contributed by atoms with E-state index in [0.717, 1.165) is 12.3 Å². The van der Waals surface area contributed by atoms with Crippen LogP contribution < -0.4 is 0 Å². The number of hydrogen-bond donors (Lipinski definition) is 0. The predicted octanol–water partition coefficient (Wildman–Crippen LogP) is 2.31. The van der Waals surface area contributed by atoms with Gasteiger partial charge in [0.15, 0.2) is 0 Å². The molecule has 0 saturated heterocycles. The second-order valence-electron chi connectivity index (χ2n) is 3.77. The quantitative estimate of drug-likeness (QED) is 0.719. The third-order valence-electron chi connectivity index (χ3n) is 2.51. The normalized spacial score (nSPS) is 11.8. The molecule has 3 nitrogen and oxygen atoms in total. The summed E-state index contributed by atoms with van der Waals surface area (Å²) >= 11 is 0. The third kappa shape index (κ3) is 2.37. The van der Waals surface area contributed by atoms with Crippen LogP contribution in [0.1, 0.15) is 11.1 Å². The van der Waals surface area contributed by atoms with Crippen LogP contribution in [-0.4, -0.2) is 22.3 Å². The lowest BCUT2D eigenvalue weighted by atomic mass is 10.1.